The second kappa shape index (κ2) is 6.12. The first-order valence-electron chi connectivity index (χ1n) is 7.21. The van der Waals surface area contributed by atoms with E-state index < -0.39 is 0 Å². The van der Waals surface area contributed by atoms with Gasteiger partial charge in [-0.05, 0) is 35.4 Å². The molecule has 112 valence electrons. The molecule has 0 radical (unpaired) electrons. The zero-order valence-electron chi connectivity index (χ0n) is 12.1. The third-order valence-electron chi connectivity index (χ3n) is 3.68. The molecule has 1 fully saturated rings. The molecule has 1 atom stereocenters. The first kappa shape index (κ1) is 14.5. The van der Waals surface area contributed by atoms with E-state index in [1.807, 2.05) is 42.5 Å². The third kappa shape index (κ3) is 3.23. The van der Waals surface area contributed by atoms with E-state index in [0.29, 0.717) is 13.0 Å². The van der Waals surface area contributed by atoms with Crippen LogP contribution in [0.1, 0.15) is 17.5 Å². The van der Waals surface area contributed by atoms with Gasteiger partial charge in [-0.25, -0.2) is 4.39 Å². The molecule has 0 spiro atoms. The van der Waals surface area contributed by atoms with Crippen LogP contribution in [0.5, 0.6) is 0 Å². The van der Waals surface area contributed by atoms with E-state index in [1.54, 1.807) is 11.0 Å². The number of hydrogen-bond acceptors (Lipinski definition) is 2. The summed E-state index contributed by atoms with van der Waals surface area (Å²) in [5.74, 6) is -0.183. The Kier molecular flexibility index (Phi) is 4.02. The molecular weight excluding hydrogens is 279 g/mol. The van der Waals surface area contributed by atoms with Crippen LogP contribution in [-0.4, -0.2) is 18.5 Å². The van der Waals surface area contributed by atoms with Gasteiger partial charge in [-0.2, -0.15) is 0 Å². The maximum atomic E-state index is 13.1. The summed E-state index contributed by atoms with van der Waals surface area (Å²) >= 11 is 0. The average molecular weight is 296 g/mol. The van der Waals surface area contributed by atoms with Crippen LogP contribution in [0.3, 0.4) is 0 Å². The SMILES string of the molecule is N[C@H]1CC(=O)N(c2ccc(/C=C/c3cccc(F)c3)cc2)C1. The Morgan fingerprint density at radius 1 is 1.09 bits per heavy atom. The number of carbonyl (C=O) groups is 1. The number of carbonyl (C=O) groups excluding carboxylic acids is 1. The summed E-state index contributed by atoms with van der Waals surface area (Å²) in [4.78, 5) is 13.5. The molecular formula is C18H17FN2O. The molecule has 0 aromatic heterocycles. The highest BCUT2D eigenvalue weighted by atomic mass is 19.1. The van der Waals surface area contributed by atoms with Crippen LogP contribution in [0.4, 0.5) is 10.1 Å². The number of nitrogens with zero attached hydrogens (tertiary/aromatic N) is 1. The molecule has 3 rings (SSSR count). The van der Waals surface area contributed by atoms with E-state index in [9.17, 15) is 9.18 Å². The van der Waals surface area contributed by atoms with Crippen LogP contribution in [0.25, 0.3) is 12.2 Å². The number of halogens is 1. The molecule has 3 nitrogen and oxygen atoms in total. The molecule has 2 N–H and O–H groups in total. The van der Waals surface area contributed by atoms with Gasteiger partial charge in [0.2, 0.25) is 5.91 Å². The minimum Gasteiger partial charge on any atom is -0.326 e. The topological polar surface area (TPSA) is 46.3 Å². The fourth-order valence-corrected chi connectivity index (χ4v) is 2.55. The van der Waals surface area contributed by atoms with Gasteiger partial charge in [-0.3, -0.25) is 4.79 Å². The number of hydrogen-bond donors (Lipinski definition) is 1. The highest BCUT2D eigenvalue weighted by Crippen LogP contribution is 2.22. The first-order valence-corrected chi connectivity index (χ1v) is 7.21. The molecule has 4 heteroatoms. The van der Waals surface area contributed by atoms with Gasteiger partial charge in [0.25, 0.3) is 0 Å². The van der Waals surface area contributed by atoms with Crippen LogP contribution >= 0.6 is 0 Å². The van der Waals surface area contributed by atoms with Gasteiger partial charge in [0.15, 0.2) is 0 Å². The fraction of sp³-hybridized carbons (Fsp3) is 0.167. The number of benzene rings is 2. The summed E-state index contributed by atoms with van der Waals surface area (Å²) in [7, 11) is 0. The predicted molar refractivity (Wildman–Crippen MR) is 86.7 cm³/mol. The van der Waals surface area contributed by atoms with Crippen molar-refractivity contribution in [3.8, 4) is 0 Å². The molecule has 1 aliphatic heterocycles. The minimum absolute atomic E-state index is 0.0653. The van der Waals surface area contributed by atoms with Gasteiger partial charge < -0.3 is 10.6 Å². The third-order valence-corrected chi connectivity index (χ3v) is 3.68. The standard InChI is InChI=1S/C18H17FN2O/c19-15-3-1-2-14(10-15)5-4-13-6-8-17(9-7-13)21-12-16(20)11-18(21)22/h1-10,16H,11-12,20H2/b5-4+/t16-/m0/s1. The summed E-state index contributed by atoms with van der Waals surface area (Å²) in [6, 6.07) is 14.0. The lowest BCUT2D eigenvalue weighted by atomic mass is 10.1. The van der Waals surface area contributed by atoms with Gasteiger partial charge in [-0.15, -0.1) is 0 Å². The molecule has 22 heavy (non-hydrogen) atoms. The van der Waals surface area contributed by atoms with Crippen molar-refractivity contribution >= 4 is 23.7 Å². The van der Waals surface area contributed by atoms with Crippen LogP contribution in [0.15, 0.2) is 48.5 Å². The second-order valence-electron chi connectivity index (χ2n) is 5.45. The molecule has 0 bridgehead atoms. The molecule has 1 heterocycles. The van der Waals surface area contributed by atoms with Crippen molar-refractivity contribution in [3.63, 3.8) is 0 Å². The Morgan fingerprint density at radius 2 is 1.82 bits per heavy atom. The molecule has 0 aliphatic carbocycles. The summed E-state index contributed by atoms with van der Waals surface area (Å²) in [6.45, 7) is 0.567. The normalized spacial score (nSPS) is 18.4. The monoisotopic (exact) mass is 296 g/mol. The maximum Gasteiger partial charge on any atom is 0.228 e. The van der Waals surface area contributed by atoms with Gasteiger partial charge >= 0.3 is 0 Å². The van der Waals surface area contributed by atoms with Gasteiger partial charge in [0.05, 0.1) is 0 Å². The molecule has 1 aliphatic rings. The fourth-order valence-electron chi connectivity index (χ4n) is 2.55. The van der Waals surface area contributed by atoms with E-state index in [2.05, 4.69) is 0 Å². The second-order valence-corrected chi connectivity index (χ2v) is 5.45. The Morgan fingerprint density at radius 3 is 2.45 bits per heavy atom. The van der Waals surface area contributed by atoms with Crippen molar-refractivity contribution in [1.82, 2.24) is 0 Å². The predicted octanol–water partition coefficient (Wildman–Crippen LogP) is 3.06. The van der Waals surface area contributed by atoms with Crippen LogP contribution in [0.2, 0.25) is 0 Å². The lowest BCUT2D eigenvalue weighted by Crippen LogP contribution is -2.27. The molecule has 1 saturated heterocycles. The Bertz CT molecular complexity index is 709. The quantitative estimate of drug-likeness (QED) is 0.885. The minimum atomic E-state index is -0.249. The number of anilines is 1. The summed E-state index contributed by atoms with van der Waals surface area (Å²) in [6.07, 6.45) is 4.17. The Labute approximate surface area is 128 Å². The van der Waals surface area contributed by atoms with Gasteiger partial charge in [0, 0.05) is 24.7 Å². The first-order chi connectivity index (χ1) is 10.6. The van der Waals surface area contributed by atoms with Gasteiger partial charge in [0.1, 0.15) is 5.82 Å². The van der Waals surface area contributed by atoms with E-state index >= 15 is 0 Å². The summed E-state index contributed by atoms with van der Waals surface area (Å²) < 4.78 is 13.1. The van der Waals surface area contributed by atoms with Crippen molar-refractivity contribution in [2.45, 2.75) is 12.5 Å². The highest BCUT2D eigenvalue weighted by Gasteiger charge is 2.27. The smallest absolute Gasteiger partial charge is 0.228 e. The van der Waals surface area contributed by atoms with Crippen LogP contribution in [-0.2, 0) is 4.79 Å². The largest absolute Gasteiger partial charge is 0.326 e. The number of nitrogens with two attached hydrogens (primary N) is 1. The lowest BCUT2D eigenvalue weighted by Gasteiger charge is -2.16. The Hall–Kier alpha value is -2.46. The van der Waals surface area contributed by atoms with E-state index in [-0.39, 0.29) is 17.8 Å². The zero-order valence-corrected chi connectivity index (χ0v) is 12.1. The summed E-state index contributed by atoms with van der Waals surface area (Å²) in [5, 5.41) is 0. The van der Waals surface area contributed by atoms with Crippen LogP contribution < -0.4 is 10.6 Å². The number of amides is 1. The zero-order chi connectivity index (χ0) is 15.5. The van der Waals surface area contributed by atoms with Crippen molar-refractivity contribution in [1.29, 1.82) is 0 Å². The molecule has 2 aromatic rings. The van der Waals surface area contributed by atoms with E-state index in [1.165, 1.54) is 12.1 Å². The molecule has 0 unspecified atom stereocenters. The van der Waals surface area contributed by atoms with Gasteiger partial charge in [-0.1, -0.05) is 36.4 Å². The number of rotatable bonds is 3. The molecule has 1 amide bonds. The van der Waals surface area contributed by atoms with E-state index in [4.69, 9.17) is 5.73 Å². The van der Waals surface area contributed by atoms with E-state index in [0.717, 1.165) is 16.8 Å². The Balaban J connectivity index is 1.73. The van der Waals surface area contributed by atoms with Crippen LogP contribution in [0, 0.1) is 5.82 Å². The lowest BCUT2D eigenvalue weighted by molar-refractivity contribution is -0.117. The highest BCUT2D eigenvalue weighted by molar-refractivity contribution is 5.96. The molecule has 2 aromatic carbocycles. The summed E-state index contributed by atoms with van der Waals surface area (Å²) in [5.41, 5.74) is 8.46. The average Bonchev–Trinajstić information content (AvgIpc) is 2.84. The maximum absolute atomic E-state index is 13.1. The van der Waals surface area contributed by atoms with Crippen molar-refractivity contribution in [2.75, 3.05) is 11.4 Å². The molecule has 0 saturated carbocycles. The van der Waals surface area contributed by atoms with Crippen molar-refractivity contribution in [3.05, 3.63) is 65.5 Å². The van der Waals surface area contributed by atoms with Crippen molar-refractivity contribution < 1.29 is 9.18 Å². The van der Waals surface area contributed by atoms with Crippen molar-refractivity contribution in [2.24, 2.45) is 5.73 Å².